The van der Waals surface area contributed by atoms with Crippen LogP contribution in [0, 0.1) is 0 Å². The number of methoxy groups -OCH3 is 1. The summed E-state index contributed by atoms with van der Waals surface area (Å²) >= 11 is 0. The molecule has 11 nitrogen and oxygen atoms in total. The van der Waals surface area contributed by atoms with Crippen molar-refractivity contribution in [1.82, 2.24) is 35.0 Å². The molecule has 0 aliphatic carbocycles. The van der Waals surface area contributed by atoms with Crippen molar-refractivity contribution in [1.29, 1.82) is 0 Å². The fourth-order valence-electron chi connectivity index (χ4n) is 4.71. The summed E-state index contributed by atoms with van der Waals surface area (Å²) in [7, 11) is 1.59. The minimum atomic E-state index is -0.503. The molecule has 1 aromatic carbocycles. The molecule has 37 heavy (non-hydrogen) atoms. The van der Waals surface area contributed by atoms with Gasteiger partial charge in [-0.2, -0.15) is 0 Å². The molecule has 1 atom stereocenters. The average Bonchev–Trinajstić information content (AvgIpc) is 3.62. The second-order valence-corrected chi connectivity index (χ2v) is 9.83. The highest BCUT2D eigenvalue weighted by molar-refractivity contribution is 5.91. The summed E-state index contributed by atoms with van der Waals surface area (Å²) in [4.78, 5) is 33.3. The number of carbonyl (C=O) groups excluding carboxylic acids is 1. The lowest BCUT2D eigenvalue weighted by molar-refractivity contribution is 0.0554. The summed E-state index contributed by atoms with van der Waals surface area (Å²) in [5.74, 6) is 1.44. The van der Waals surface area contributed by atoms with Gasteiger partial charge in [-0.05, 0) is 66.4 Å². The number of pyridine rings is 1. The molecule has 1 amide bonds. The SMILES string of the molecule is CCC(C)(C)n1nnnc1[C@@H](c1cc2ccc(OC)cc2[nH]c1=O)N1CCN(C(=O)c2ccco2)CC1. The van der Waals surface area contributed by atoms with Crippen LogP contribution in [-0.4, -0.2) is 74.2 Å². The number of carbonyl (C=O) groups is 1. The molecule has 0 saturated carbocycles. The number of hydrogen-bond acceptors (Lipinski definition) is 8. The van der Waals surface area contributed by atoms with Crippen LogP contribution in [-0.2, 0) is 5.54 Å². The number of H-pyrrole nitrogens is 1. The Morgan fingerprint density at radius 1 is 1.19 bits per heavy atom. The van der Waals surface area contributed by atoms with Gasteiger partial charge >= 0.3 is 0 Å². The second-order valence-electron chi connectivity index (χ2n) is 9.83. The quantitative estimate of drug-likeness (QED) is 0.407. The standard InChI is InChI=1S/C26H31N7O4/c1-5-26(2,3)33-23(28-29-30-33)22(19-15-17-8-9-18(36-4)16-20(17)27-24(19)34)31-10-12-32(13-11-31)25(35)21-7-6-14-37-21/h6-9,14-16,22H,5,10-13H2,1-4H3,(H,27,34)/t22-/m1/s1. The van der Waals surface area contributed by atoms with E-state index in [4.69, 9.17) is 9.15 Å². The van der Waals surface area contributed by atoms with E-state index in [0.717, 1.165) is 11.8 Å². The van der Waals surface area contributed by atoms with Gasteiger partial charge in [-0.15, -0.1) is 5.10 Å². The van der Waals surface area contributed by atoms with Crippen molar-refractivity contribution >= 4 is 16.8 Å². The van der Waals surface area contributed by atoms with Gasteiger partial charge in [-0.25, -0.2) is 4.68 Å². The minimum Gasteiger partial charge on any atom is -0.497 e. The maximum Gasteiger partial charge on any atom is 0.289 e. The highest BCUT2D eigenvalue weighted by Gasteiger charge is 2.36. The van der Waals surface area contributed by atoms with Crippen LogP contribution >= 0.6 is 0 Å². The van der Waals surface area contributed by atoms with Gasteiger partial charge in [0.05, 0.1) is 24.4 Å². The van der Waals surface area contributed by atoms with E-state index in [2.05, 4.69) is 46.2 Å². The van der Waals surface area contributed by atoms with Gasteiger partial charge in [0.15, 0.2) is 11.6 Å². The summed E-state index contributed by atoms with van der Waals surface area (Å²) in [6.07, 6.45) is 2.30. The van der Waals surface area contributed by atoms with Crippen molar-refractivity contribution in [3.63, 3.8) is 0 Å². The largest absolute Gasteiger partial charge is 0.497 e. The van der Waals surface area contributed by atoms with Crippen LogP contribution in [0.15, 0.2) is 51.9 Å². The number of aromatic amines is 1. The molecule has 4 aromatic rings. The zero-order valence-electron chi connectivity index (χ0n) is 21.5. The fourth-order valence-corrected chi connectivity index (χ4v) is 4.71. The van der Waals surface area contributed by atoms with E-state index in [-0.39, 0.29) is 17.0 Å². The molecule has 1 aliphatic heterocycles. The third-order valence-electron chi connectivity index (χ3n) is 7.25. The zero-order chi connectivity index (χ0) is 26.2. The molecular formula is C26H31N7O4. The van der Waals surface area contributed by atoms with Gasteiger partial charge in [-0.3, -0.25) is 14.5 Å². The van der Waals surface area contributed by atoms with Crippen LogP contribution in [0.25, 0.3) is 10.9 Å². The van der Waals surface area contributed by atoms with E-state index < -0.39 is 6.04 Å². The summed E-state index contributed by atoms with van der Waals surface area (Å²) in [6, 6.07) is 10.4. The summed E-state index contributed by atoms with van der Waals surface area (Å²) in [5.41, 5.74) is 0.662. The smallest absolute Gasteiger partial charge is 0.289 e. The van der Waals surface area contributed by atoms with E-state index in [9.17, 15) is 9.59 Å². The van der Waals surface area contributed by atoms with Crippen molar-refractivity contribution in [2.24, 2.45) is 0 Å². The van der Waals surface area contributed by atoms with Gasteiger partial charge in [-0.1, -0.05) is 6.92 Å². The van der Waals surface area contributed by atoms with Gasteiger partial charge in [0.2, 0.25) is 0 Å². The van der Waals surface area contributed by atoms with Crippen molar-refractivity contribution in [2.75, 3.05) is 33.3 Å². The minimum absolute atomic E-state index is 0.143. The maximum atomic E-state index is 13.5. The fraction of sp³-hybridized carbons (Fsp3) is 0.423. The first-order chi connectivity index (χ1) is 17.8. The number of nitrogens with one attached hydrogen (secondary N) is 1. The highest BCUT2D eigenvalue weighted by atomic mass is 16.5. The Morgan fingerprint density at radius 3 is 2.65 bits per heavy atom. The Labute approximate surface area is 214 Å². The predicted octanol–water partition coefficient (Wildman–Crippen LogP) is 2.81. The Balaban J connectivity index is 1.54. The van der Waals surface area contributed by atoms with E-state index in [1.165, 1.54) is 6.26 Å². The lowest BCUT2D eigenvalue weighted by Crippen LogP contribution is -2.51. The van der Waals surface area contributed by atoms with Gasteiger partial charge in [0.1, 0.15) is 11.8 Å². The third kappa shape index (κ3) is 4.62. The number of hydrogen-bond donors (Lipinski definition) is 1. The first-order valence-corrected chi connectivity index (χ1v) is 12.4. The predicted molar refractivity (Wildman–Crippen MR) is 137 cm³/mol. The van der Waals surface area contributed by atoms with Gasteiger partial charge in [0.25, 0.3) is 11.5 Å². The Kier molecular flexibility index (Phi) is 6.55. The van der Waals surface area contributed by atoms with Crippen LogP contribution in [0.4, 0.5) is 0 Å². The number of amides is 1. The van der Waals surface area contributed by atoms with E-state index in [1.54, 1.807) is 30.2 Å². The molecule has 1 fully saturated rings. The molecule has 1 N–H and O–H groups in total. The number of benzene rings is 1. The second kappa shape index (κ2) is 9.81. The van der Waals surface area contributed by atoms with Crippen molar-refractivity contribution in [2.45, 2.75) is 38.8 Å². The lowest BCUT2D eigenvalue weighted by Gasteiger charge is -2.39. The molecular weight excluding hydrogens is 474 g/mol. The molecule has 3 aromatic heterocycles. The molecule has 4 heterocycles. The van der Waals surface area contributed by atoms with Crippen LogP contribution in [0.2, 0.25) is 0 Å². The maximum absolute atomic E-state index is 13.5. The Hall–Kier alpha value is -3.99. The van der Waals surface area contributed by atoms with Crippen LogP contribution in [0.5, 0.6) is 5.75 Å². The molecule has 1 aliphatic rings. The Bertz CT molecular complexity index is 1450. The monoisotopic (exact) mass is 505 g/mol. The number of aromatic nitrogens is 5. The van der Waals surface area contributed by atoms with E-state index >= 15 is 0 Å². The normalized spacial score (nSPS) is 15.7. The Morgan fingerprint density at radius 2 is 1.97 bits per heavy atom. The van der Waals surface area contributed by atoms with Gasteiger partial charge in [0, 0.05) is 37.8 Å². The van der Waals surface area contributed by atoms with E-state index in [0.29, 0.717) is 54.6 Å². The third-order valence-corrected chi connectivity index (χ3v) is 7.25. The van der Waals surface area contributed by atoms with Crippen LogP contribution in [0.1, 0.15) is 55.2 Å². The number of nitrogens with zero attached hydrogens (tertiary/aromatic N) is 6. The molecule has 0 unspecified atom stereocenters. The molecule has 0 radical (unpaired) electrons. The van der Waals surface area contributed by atoms with Crippen molar-refractivity contribution in [3.05, 3.63) is 70.2 Å². The molecule has 0 spiro atoms. The molecule has 5 rings (SSSR count). The van der Waals surface area contributed by atoms with Crippen LogP contribution < -0.4 is 10.3 Å². The number of fused-ring (bicyclic) bond motifs is 1. The number of rotatable bonds is 7. The molecule has 194 valence electrons. The zero-order valence-corrected chi connectivity index (χ0v) is 21.5. The lowest BCUT2D eigenvalue weighted by atomic mass is 9.99. The van der Waals surface area contributed by atoms with Crippen molar-refractivity contribution < 1.29 is 13.9 Å². The molecule has 11 heteroatoms. The van der Waals surface area contributed by atoms with Crippen LogP contribution in [0.3, 0.4) is 0 Å². The number of ether oxygens (including phenoxy) is 1. The molecule has 0 bridgehead atoms. The average molecular weight is 506 g/mol. The van der Waals surface area contributed by atoms with E-state index in [1.807, 2.05) is 22.9 Å². The highest BCUT2D eigenvalue weighted by Crippen LogP contribution is 2.31. The summed E-state index contributed by atoms with van der Waals surface area (Å²) in [6.45, 7) is 8.26. The summed E-state index contributed by atoms with van der Waals surface area (Å²) < 4.78 is 12.4. The van der Waals surface area contributed by atoms with Gasteiger partial charge < -0.3 is 19.0 Å². The first-order valence-electron chi connectivity index (χ1n) is 12.4. The van der Waals surface area contributed by atoms with Crippen molar-refractivity contribution in [3.8, 4) is 5.75 Å². The summed E-state index contributed by atoms with van der Waals surface area (Å²) in [5, 5.41) is 13.6. The number of piperazine rings is 1. The topological polar surface area (TPSA) is 122 Å². The molecule has 1 saturated heterocycles. The number of furan rings is 1. The first kappa shape index (κ1) is 24.7. The number of tetrazole rings is 1.